The van der Waals surface area contributed by atoms with Gasteiger partial charge in [-0.15, -0.1) is 0 Å². The van der Waals surface area contributed by atoms with Crippen molar-refractivity contribution >= 4 is 45.2 Å². The molecule has 4 heteroatoms. The Morgan fingerprint density at radius 2 is 2.10 bits per heavy atom. The maximum atomic E-state index is 5.54. The number of alkyl halides is 2. The van der Waals surface area contributed by atoms with E-state index in [9.17, 15) is 0 Å². The van der Waals surface area contributed by atoms with E-state index in [1.807, 2.05) is 13.8 Å². The predicted molar refractivity (Wildman–Crippen MR) is 60.7 cm³/mol. The van der Waals surface area contributed by atoms with Gasteiger partial charge in [0.15, 0.2) is 1.61 Å². The van der Waals surface area contributed by atoms with Crippen molar-refractivity contribution in [1.29, 1.82) is 0 Å². The minimum absolute atomic E-state index is 0.0790. The normalized spacial score (nSPS) is 15.3. The van der Waals surface area contributed by atoms with Gasteiger partial charge in [0.05, 0.1) is 6.61 Å². The van der Waals surface area contributed by atoms with Gasteiger partial charge in [0.25, 0.3) is 0 Å². The van der Waals surface area contributed by atoms with E-state index < -0.39 is 0 Å². The Bertz CT molecular complexity index is 90.2. The van der Waals surface area contributed by atoms with Crippen LogP contribution in [0.3, 0.4) is 0 Å². The van der Waals surface area contributed by atoms with Crippen LogP contribution < -0.4 is 5.73 Å². The molecule has 0 aromatic carbocycles. The van der Waals surface area contributed by atoms with E-state index in [1.165, 1.54) is 0 Å². The van der Waals surface area contributed by atoms with Crippen molar-refractivity contribution in [3.63, 3.8) is 0 Å². The van der Waals surface area contributed by atoms with Gasteiger partial charge in [0.2, 0.25) is 0 Å². The molecule has 2 nitrogen and oxygen atoms in total. The molecule has 0 aliphatic carbocycles. The maximum Gasteiger partial charge on any atom is 0.166 e. The topological polar surface area (TPSA) is 35.2 Å². The Hall–Kier alpha value is 1.38. The lowest BCUT2D eigenvalue weighted by molar-refractivity contribution is 0.118. The second-order valence-corrected chi connectivity index (χ2v) is 8.60. The van der Waals surface area contributed by atoms with Crippen LogP contribution in [-0.4, -0.2) is 14.3 Å². The number of rotatable bonds is 4. The monoisotopic (exact) mass is 369 g/mol. The summed E-state index contributed by atoms with van der Waals surface area (Å²) in [5.41, 5.74) is 5.54. The molecule has 2 N–H and O–H groups in total. The van der Waals surface area contributed by atoms with Crippen LogP contribution >= 0.6 is 45.2 Å². The van der Waals surface area contributed by atoms with Crippen molar-refractivity contribution in [2.45, 2.75) is 27.9 Å². The third kappa shape index (κ3) is 9.38. The molecule has 0 aromatic heterocycles. The van der Waals surface area contributed by atoms with Gasteiger partial charge in [-0.05, 0) is 65.5 Å². The highest BCUT2D eigenvalue weighted by Crippen LogP contribution is 2.27. The summed E-state index contributed by atoms with van der Waals surface area (Å²) in [6, 6.07) is 0.246. The zero-order chi connectivity index (χ0) is 8.20. The quantitative estimate of drug-likeness (QED) is 0.610. The van der Waals surface area contributed by atoms with E-state index in [2.05, 4.69) is 45.2 Å². The minimum atomic E-state index is -0.0790. The first-order chi connectivity index (χ1) is 4.42. The second-order valence-electron chi connectivity index (χ2n) is 2.42. The third-order valence-corrected chi connectivity index (χ3v) is 1.55. The van der Waals surface area contributed by atoms with E-state index >= 15 is 0 Å². The zero-order valence-corrected chi connectivity index (χ0v) is 10.5. The van der Waals surface area contributed by atoms with Crippen molar-refractivity contribution in [3.05, 3.63) is 0 Å². The Morgan fingerprint density at radius 3 is 2.40 bits per heavy atom. The van der Waals surface area contributed by atoms with Crippen LogP contribution in [0.5, 0.6) is 0 Å². The molecule has 0 aliphatic heterocycles. The molecule has 10 heavy (non-hydrogen) atoms. The molecule has 0 aromatic rings. The fourth-order valence-corrected chi connectivity index (χ4v) is 0.864. The van der Waals surface area contributed by atoms with Gasteiger partial charge >= 0.3 is 0 Å². The zero-order valence-electron chi connectivity index (χ0n) is 6.23. The summed E-state index contributed by atoms with van der Waals surface area (Å²) in [6.07, 6.45) is 0.932. The van der Waals surface area contributed by atoms with Crippen LogP contribution in [-0.2, 0) is 4.74 Å². The molecule has 62 valence electrons. The highest BCUT2D eigenvalue weighted by molar-refractivity contribution is 14.2. The fourth-order valence-electron chi connectivity index (χ4n) is 0.424. The van der Waals surface area contributed by atoms with Crippen LogP contribution in [0.1, 0.15) is 20.3 Å². The standard InChI is InChI=1S/C6H13I2NO/c1-5(9)3-4-10-6(2,7)8/h5H,3-4,9H2,1-2H3. The van der Waals surface area contributed by atoms with Crippen LogP contribution in [0.2, 0.25) is 0 Å². The summed E-state index contributed by atoms with van der Waals surface area (Å²) in [5, 5.41) is 0. The lowest BCUT2D eigenvalue weighted by atomic mass is 10.3. The first kappa shape index (κ1) is 11.4. The van der Waals surface area contributed by atoms with Crippen molar-refractivity contribution < 1.29 is 4.74 Å². The second kappa shape index (κ2) is 5.10. The third-order valence-electron chi connectivity index (χ3n) is 0.929. The number of ether oxygens (including phenoxy) is 1. The molecule has 1 atom stereocenters. The smallest absolute Gasteiger partial charge is 0.166 e. The van der Waals surface area contributed by atoms with Crippen LogP contribution in [0.15, 0.2) is 0 Å². The number of nitrogens with two attached hydrogens (primary N) is 1. The number of hydrogen-bond donors (Lipinski definition) is 1. The summed E-state index contributed by atoms with van der Waals surface area (Å²) in [6.45, 7) is 4.76. The molecule has 0 fully saturated rings. The van der Waals surface area contributed by atoms with E-state index in [0.717, 1.165) is 13.0 Å². The summed E-state index contributed by atoms with van der Waals surface area (Å²) in [4.78, 5) is 0. The highest BCUT2D eigenvalue weighted by atomic mass is 127. The van der Waals surface area contributed by atoms with Crippen molar-refractivity contribution in [3.8, 4) is 0 Å². The molecular weight excluding hydrogens is 356 g/mol. The minimum Gasteiger partial charge on any atom is -0.356 e. The summed E-state index contributed by atoms with van der Waals surface area (Å²) in [5.74, 6) is 0. The lowest BCUT2D eigenvalue weighted by Gasteiger charge is -2.16. The largest absolute Gasteiger partial charge is 0.356 e. The van der Waals surface area contributed by atoms with Gasteiger partial charge in [-0.1, -0.05) is 0 Å². The fraction of sp³-hybridized carbons (Fsp3) is 1.00. The van der Waals surface area contributed by atoms with Gasteiger partial charge in [0, 0.05) is 6.04 Å². The van der Waals surface area contributed by atoms with E-state index in [4.69, 9.17) is 10.5 Å². The number of hydrogen-bond acceptors (Lipinski definition) is 2. The van der Waals surface area contributed by atoms with E-state index in [-0.39, 0.29) is 7.66 Å². The molecule has 0 amide bonds. The molecule has 0 heterocycles. The van der Waals surface area contributed by atoms with Gasteiger partial charge in [0.1, 0.15) is 0 Å². The van der Waals surface area contributed by atoms with Gasteiger partial charge < -0.3 is 10.5 Å². The maximum absolute atomic E-state index is 5.54. The van der Waals surface area contributed by atoms with E-state index in [0.29, 0.717) is 0 Å². The molecule has 0 spiro atoms. The van der Waals surface area contributed by atoms with Gasteiger partial charge in [-0.3, -0.25) is 0 Å². The molecule has 0 radical (unpaired) electrons. The van der Waals surface area contributed by atoms with Gasteiger partial charge in [-0.2, -0.15) is 0 Å². The van der Waals surface area contributed by atoms with Crippen molar-refractivity contribution in [1.82, 2.24) is 0 Å². The summed E-state index contributed by atoms with van der Waals surface area (Å²) in [7, 11) is 0. The molecule has 0 saturated carbocycles. The average molecular weight is 369 g/mol. The predicted octanol–water partition coefficient (Wildman–Crippen LogP) is 2.28. The molecule has 0 bridgehead atoms. The summed E-state index contributed by atoms with van der Waals surface area (Å²) >= 11 is 4.49. The van der Waals surface area contributed by atoms with Crippen LogP contribution in [0, 0.1) is 0 Å². The molecule has 0 rings (SSSR count). The van der Waals surface area contributed by atoms with Crippen molar-refractivity contribution in [2.75, 3.05) is 6.61 Å². The Balaban J connectivity index is 3.21. The van der Waals surface area contributed by atoms with Gasteiger partial charge in [-0.25, -0.2) is 0 Å². The Kier molecular flexibility index (Phi) is 5.81. The first-order valence-corrected chi connectivity index (χ1v) is 5.35. The molecule has 0 saturated heterocycles. The molecule has 0 aliphatic rings. The van der Waals surface area contributed by atoms with Crippen LogP contribution in [0.4, 0.5) is 0 Å². The number of halogens is 2. The van der Waals surface area contributed by atoms with Crippen molar-refractivity contribution in [2.24, 2.45) is 5.73 Å². The lowest BCUT2D eigenvalue weighted by Crippen LogP contribution is -2.20. The Labute approximate surface area is 89.5 Å². The highest BCUT2D eigenvalue weighted by Gasteiger charge is 2.13. The Morgan fingerprint density at radius 1 is 1.60 bits per heavy atom. The SMILES string of the molecule is CC(N)CCOC(C)(I)I. The summed E-state index contributed by atoms with van der Waals surface area (Å²) < 4.78 is 5.35. The molecular formula is C6H13I2NO. The van der Waals surface area contributed by atoms with Crippen LogP contribution in [0.25, 0.3) is 0 Å². The first-order valence-electron chi connectivity index (χ1n) is 3.19. The van der Waals surface area contributed by atoms with E-state index in [1.54, 1.807) is 0 Å². The average Bonchev–Trinajstić information content (AvgIpc) is 1.59. The molecule has 1 unspecified atom stereocenters.